The Balaban J connectivity index is 1.92. The first-order valence-electron chi connectivity index (χ1n) is 9.11. The van der Waals surface area contributed by atoms with Crippen LogP contribution in [0.1, 0.15) is 50.1 Å². The van der Waals surface area contributed by atoms with E-state index in [-0.39, 0.29) is 5.91 Å². The van der Waals surface area contributed by atoms with Gasteiger partial charge in [0.05, 0.1) is 22.5 Å². The van der Waals surface area contributed by atoms with E-state index in [0.29, 0.717) is 25.4 Å². The molecule has 5 nitrogen and oxygen atoms in total. The molecule has 0 aliphatic carbocycles. The molecule has 0 N–H and O–H groups in total. The third-order valence-corrected chi connectivity index (χ3v) is 5.58. The topological polar surface area (TPSA) is 51.0 Å². The molecule has 1 amide bonds. The molecule has 0 unspecified atom stereocenters. The number of aryl methyl sites for hydroxylation is 2. The van der Waals surface area contributed by atoms with Crippen LogP contribution < -0.4 is 4.90 Å². The number of nitrogens with zero attached hydrogens (tertiary/aromatic N) is 4. The van der Waals surface area contributed by atoms with Gasteiger partial charge in [-0.1, -0.05) is 44.2 Å². The minimum absolute atomic E-state index is 0.0942. The van der Waals surface area contributed by atoms with Gasteiger partial charge in [-0.2, -0.15) is 5.10 Å². The maximum absolute atomic E-state index is 12.6. The molecular formula is C20H26N4OS. The van der Waals surface area contributed by atoms with E-state index in [1.807, 2.05) is 30.4 Å². The van der Waals surface area contributed by atoms with Crippen molar-refractivity contribution in [3.8, 4) is 0 Å². The van der Waals surface area contributed by atoms with Crippen LogP contribution in [0.3, 0.4) is 0 Å². The van der Waals surface area contributed by atoms with Crippen LogP contribution >= 0.6 is 11.3 Å². The van der Waals surface area contributed by atoms with E-state index in [4.69, 9.17) is 4.98 Å². The molecule has 0 atom stereocenters. The lowest BCUT2D eigenvalue weighted by Crippen LogP contribution is -2.33. The zero-order chi connectivity index (χ0) is 18.8. The summed E-state index contributed by atoms with van der Waals surface area (Å²) in [6.45, 7) is 11.5. The van der Waals surface area contributed by atoms with Gasteiger partial charge in [0, 0.05) is 18.7 Å². The number of thiazole rings is 1. The molecule has 2 heterocycles. The SMILES string of the molecule is CCC(=O)N(CCn1nc(C)cc1C)c1nc2c(C(C)C)cccc2s1. The number of fused-ring (bicyclic) bond motifs is 1. The number of para-hydroxylation sites is 1. The molecule has 0 radical (unpaired) electrons. The predicted molar refractivity (Wildman–Crippen MR) is 108 cm³/mol. The van der Waals surface area contributed by atoms with Crippen molar-refractivity contribution in [3.05, 3.63) is 41.2 Å². The van der Waals surface area contributed by atoms with Crippen molar-refractivity contribution in [1.82, 2.24) is 14.8 Å². The Morgan fingerprint density at radius 3 is 2.69 bits per heavy atom. The number of aromatic nitrogens is 3. The molecule has 0 aliphatic heterocycles. The molecule has 6 heteroatoms. The highest BCUT2D eigenvalue weighted by Crippen LogP contribution is 2.33. The quantitative estimate of drug-likeness (QED) is 0.633. The van der Waals surface area contributed by atoms with E-state index >= 15 is 0 Å². The summed E-state index contributed by atoms with van der Waals surface area (Å²) >= 11 is 1.59. The summed E-state index contributed by atoms with van der Waals surface area (Å²) < 4.78 is 3.09. The van der Waals surface area contributed by atoms with Crippen molar-refractivity contribution < 1.29 is 4.79 Å². The number of anilines is 1. The Hall–Kier alpha value is -2.21. The van der Waals surface area contributed by atoms with Gasteiger partial charge in [-0.15, -0.1) is 0 Å². The summed E-state index contributed by atoms with van der Waals surface area (Å²) in [6, 6.07) is 8.33. The molecule has 0 saturated carbocycles. The highest BCUT2D eigenvalue weighted by atomic mass is 32.1. The molecule has 138 valence electrons. The van der Waals surface area contributed by atoms with Crippen LogP contribution in [-0.2, 0) is 11.3 Å². The van der Waals surface area contributed by atoms with E-state index in [0.717, 1.165) is 26.7 Å². The maximum atomic E-state index is 12.6. The summed E-state index contributed by atoms with van der Waals surface area (Å²) in [5.41, 5.74) is 4.35. The molecule has 0 saturated heterocycles. The third kappa shape index (κ3) is 3.65. The van der Waals surface area contributed by atoms with Gasteiger partial charge in [-0.25, -0.2) is 4.98 Å². The molecular weight excluding hydrogens is 344 g/mol. The molecule has 0 bridgehead atoms. The highest BCUT2D eigenvalue weighted by molar-refractivity contribution is 7.22. The fourth-order valence-corrected chi connectivity index (χ4v) is 4.20. The second-order valence-electron chi connectivity index (χ2n) is 6.89. The molecule has 1 aromatic carbocycles. The standard InChI is InChI=1S/C20H26N4OS/c1-6-18(25)23(10-11-24-15(5)12-14(4)22-24)20-21-19-16(13(2)3)8-7-9-17(19)26-20/h7-9,12-13H,6,10-11H2,1-5H3. The number of hydrogen-bond donors (Lipinski definition) is 0. The van der Waals surface area contributed by atoms with Crippen molar-refractivity contribution in [2.45, 2.75) is 53.5 Å². The highest BCUT2D eigenvalue weighted by Gasteiger charge is 2.20. The average Bonchev–Trinajstić information content (AvgIpc) is 3.16. The Bertz CT molecular complexity index is 925. The first-order valence-corrected chi connectivity index (χ1v) is 9.93. The van der Waals surface area contributed by atoms with Gasteiger partial charge in [-0.05, 0) is 37.5 Å². The predicted octanol–water partition coefficient (Wildman–Crippen LogP) is 4.68. The van der Waals surface area contributed by atoms with Crippen LogP contribution in [0.4, 0.5) is 5.13 Å². The van der Waals surface area contributed by atoms with Crippen LogP contribution in [0.2, 0.25) is 0 Å². The number of rotatable bonds is 6. The van der Waals surface area contributed by atoms with E-state index in [9.17, 15) is 4.79 Å². The Morgan fingerprint density at radius 2 is 2.08 bits per heavy atom. The normalized spacial score (nSPS) is 11.5. The van der Waals surface area contributed by atoms with Gasteiger partial charge in [0.2, 0.25) is 5.91 Å². The summed E-state index contributed by atoms with van der Waals surface area (Å²) in [7, 11) is 0. The smallest absolute Gasteiger partial charge is 0.228 e. The lowest BCUT2D eigenvalue weighted by molar-refractivity contribution is -0.118. The zero-order valence-electron chi connectivity index (χ0n) is 16.1. The van der Waals surface area contributed by atoms with E-state index in [1.54, 1.807) is 11.3 Å². The first kappa shape index (κ1) is 18.6. The Kier molecular flexibility index (Phi) is 5.41. The zero-order valence-corrected chi connectivity index (χ0v) is 16.9. The lowest BCUT2D eigenvalue weighted by atomic mass is 10.0. The summed E-state index contributed by atoms with van der Waals surface area (Å²) in [5, 5.41) is 5.28. The number of hydrogen-bond acceptors (Lipinski definition) is 4. The Morgan fingerprint density at radius 1 is 1.31 bits per heavy atom. The van der Waals surface area contributed by atoms with Crippen LogP contribution in [0, 0.1) is 13.8 Å². The van der Waals surface area contributed by atoms with Gasteiger partial charge in [0.25, 0.3) is 0 Å². The van der Waals surface area contributed by atoms with Crippen molar-refractivity contribution in [2.75, 3.05) is 11.4 Å². The fourth-order valence-electron chi connectivity index (χ4n) is 3.15. The van der Waals surface area contributed by atoms with Crippen LogP contribution in [0.25, 0.3) is 10.2 Å². The number of carbonyl (C=O) groups is 1. The van der Waals surface area contributed by atoms with Gasteiger partial charge in [-0.3, -0.25) is 14.4 Å². The van der Waals surface area contributed by atoms with Crippen LogP contribution in [-0.4, -0.2) is 27.2 Å². The molecule has 0 aliphatic rings. The minimum atomic E-state index is 0.0942. The van der Waals surface area contributed by atoms with Gasteiger partial charge in [0.1, 0.15) is 0 Å². The largest absolute Gasteiger partial charge is 0.286 e. The van der Waals surface area contributed by atoms with Crippen molar-refractivity contribution in [2.24, 2.45) is 0 Å². The van der Waals surface area contributed by atoms with Crippen LogP contribution in [0.5, 0.6) is 0 Å². The van der Waals surface area contributed by atoms with E-state index in [2.05, 4.69) is 43.2 Å². The average molecular weight is 371 g/mol. The molecule has 0 spiro atoms. The van der Waals surface area contributed by atoms with Gasteiger partial charge in [0.15, 0.2) is 5.13 Å². The fraction of sp³-hybridized carbons (Fsp3) is 0.450. The summed E-state index contributed by atoms with van der Waals surface area (Å²) in [4.78, 5) is 19.2. The molecule has 3 rings (SSSR count). The van der Waals surface area contributed by atoms with Gasteiger partial charge < -0.3 is 0 Å². The van der Waals surface area contributed by atoms with Crippen molar-refractivity contribution in [1.29, 1.82) is 0 Å². The van der Waals surface area contributed by atoms with Crippen molar-refractivity contribution >= 4 is 32.6 Å². The summed E-state index contributed by atoms with van der Waals surface area (Å²) in [6.07, 6.45) is 0.462. The number of amides is 1. The Labute approximate surface area is 158 Å². The first-order chi connectivity index (χ1) is 12.4. The minimum Gasteiger partial charge on any atom is -0.286 e. The maximum Gasteiger partial charge on any atom is 0.228 e. The monoisotopic (exact) mass is 370 g/mol. The lowest BCUT2D eigenvalue weighted by Gasteiger charge is -2.19. The molecule has 26 heavy (non-hydrogen) atoms. The van der Waals surface area contributed by atoms with Crippen molar-refractivity contribution in [3.63, 3.8) is 0 Å². The summed E-state index contributed by atoms with van der Waals surface area (Å²) in [5.74, 6) is 0.496. The van der Waals surface area contributed by atoms with Crippen LogP contribution in [0.15, 0.2) is 24.3 Å². The van der Waals surface area contributed by atoms with Gasteiger partial charge >= 0.3 is 0 Å². The second-order valence-corrected chi connectivity index (χ2v) is 7.90. The number of carbonyl (C=O) groups excluding carboxylic acids is 1. The van der Waals surface area contributed by atoms with E-state index in [1.165, 1.54) is 5.56 Å². The second kappa shape index (κ2) is 7.58. The third-order valence-electron chi connectivity index (χ3n) is 4.53. The molecule has 2 aromatic heterocycles. The molecule has 3 aromatic rings. The van der Waals surface area contributed by atoms with E-state index < -0.39 is 0 Å². The molecule has 0 fully saturated rings. The number of benzene rings is 1.